The molecule has 3 rings (SSSR count). The molecule has 6 nitrogen and oxygen atoms in total. The zero-order valence-electron chi connectivity index (χ0n) is 17.7. The molecule has 0 aromatic heterocycles. The maximum Gasteiger partial charge on any atom is 0.243 e. The van der Waals surface area contributed by atoms with E-state index in [-0.39, 0.29) is 12.5 Å². The summed E-state index contributed by atoms with van der Waals surface area (Å²) in [5.41, 5.74) is 2.58. The topological polar surface area (TPSA) is 68.8 Å². The molecule has 1 amide bonds. The summed E-state index contributed by atoms with van der Waals surface area (Å²) in [5, 5.41) is 6.00. The van der Waals surface area contributed by atoms with Crippen molar-refractivity contribution in [3.8, 4) is 11.5 Å². The first-order valence-electron chi connectivity index (χ1n) is 10.3. The third kappa shape index (κ3) is 8.03. The zero-order valence-corrected chi connectivity index (χ0v) is 17.7. The van der Waals surface area contributed by atoms with E-state index in [2.05, 4.69) is 10.6 Å². The van der Waals surface area contributed by atoms with Gasteiger partial charge in [0, 0.05) is 30.1 Å². The summed E-state index contributed by atoms with van der Waals surface area (Å²) in [4.78, 5) is 12.3. The van der Waals surface area contributed by atoms with Gasteiger partial charge in [-0.05, 0) is 36.8 Å². The Hall–Kier alpha value is -3.51. The minimum Gasteiger partial charge on any atom is -0.491 e. The Labute approximate surface area is 183 Å². The van der Waals surface area contributed by atoms with Crippen LogP contribution < -0.4 is 20.1 Å². The van der Waals surface area contributed by atoms with Crippen LogP contribution in [0.25, 0.3) is 0 Å². The van der Waals surface area contributed by atoms with E-state index in [1.807, 2.05) is 85.8 Å². The smallest absolute Gasteiger partial charge is 0.243 e. The summed E-state index contributed by atoms with van der Waals surface area (Å²) in [6, 6.07) is 24.8. The molecule has 31 heavy (non-hydrogen) atoms. The molecule has 0 atom stereocenters. The molecule has 0 aliphatic carbocycles. The number of rotatable bonds is 12. The predicted octanol–water partition coefficient (Wildman–Crippen LogP) is 4.73. The van der Waals surface area contributed by atoms with Crippen LogP contribution in [0.4, 0.5) is 11.4 Å². The number of carbonyl (C=O) groups is 1. The second-order valence-corrected chi connectivity index (χ2v) is 6.78. The third-order valence-electron chi connectivity index (χ3n) is 4.35. The fraction of sp³-hybridized carbons (Fsp3) is 0.240. The van der Waals surface area contributed by atoms with Crippen molar-refractivity contribution in [2.45, 2.75) is 13.5 Å². The van der Waals surface area contributed by atoms with Gasteiger partial charge >= 0.3 is 0 Å². The molecule has 6 heteroatoms. The fourth-order valence-corrected chi connectivity index (χ4v) is 2.85. The fourth-order valence-electron chi connectivity index (χ4n) is 2.85. The standard InChI is InChI=1S/C25H28N2O4/c1-2-29-14-15-30-23-12-6-10-21(16-23)26-18-25(28)27-22-11-7-13-24(17-22)31-19-20-8-4-3-5-9-20/h3-13,16-17,26H,2,14-15,18-19H2,1H3,(H,27,28). The molecule has 0 heterocycles. The number of nitrogens with one attached hydrogen (secondary N) is 2. The van der Waals surface area contributed by atoms with E-state index >= 15 is 0 Å². The first-order valence-corrected chi connectivity index (χ1v) is 10.3. The van der Waals surface area contributed by atoms with Crippen LogP contribution in [0.3, 0.4) is 0 Å². The van der Waals surface area contributed by atoms with Crippen LogP contribution in [0.5, 0.6) is 11.5 Å². The second kappa shape index (κ2) is 12.2. The van der Waals surface area contributed by atoms with Crippen LogP contribution in [0, 0.1) is 0 Å². The lowest BCUT2D eigenvalue weighted by Crippen LogP contribution is -2.21. The van der Waals surface area contributed by atoms with Crippen LogP contribution in [0.15, 0.2) is 78.9 Å². The number of ether oxygens (including phenoxy) is 3. The third-order valence-corrected chi connectivity index (χ3v) is 4.35. The highest BCUT2D eigenvalue weighted by Gasteiger charge is 2.05. The predicted molar refractivity (Wildman–Crippen MR) is 123 cm³/mol. The van der Waals surface area contributed by atoms with E-state index < -0.39 is 0 Å². The molecule has 0 saturated carbocycles. The maximum absolute atomic E-state index is 12.3. The van der Waals surface area contributed by atoms with Gasteiger partial charge in [0.25, 0.3) is 0 Å². The highest BCUT2D eigenvalue weighted by Crippen LogP contribution is 2.19. The minimum atomic E-state index is -0.150. The molecule has 0 saturated heterocycles. The van der Waals surface area contributed by atoms with Crippen molar-refractivity contribution in [3.05, 3.63) is 84.4 Å². The van der Waals surface area contributed by atoms with Crippen molar-refractivity contribution in [3.63, 3.8) is 0 Å². The van der Waals surface area contributed by atoms with Crippen LogP contribution in [0.2, 0.25) is 0 Å². The Kier molecular flexibility index (Phi) is 8.76. The second-order valence-electron chi connectivity index (χ2n) is 6.78. The Morgan fingerprint density at radius 2 is 1.52 bits per heavy atom. The molecular formula is C25H28N2O4. The van der Waals surface area contributed by atoms with E-state index in [0.717, 1.165) is 17.0 Å². The summed E-state index contributed by atoms with van der Waals surface area (Å²) in [6.45, 7) is 4.26. The van der Waals surface area contributed by atoms with E-state index in [4.69, 9.17) is 14.2 Å². The van der Waals surface area contributed by atoms with Gasteiger partial charge in [-0.1, -0.05) is 42.5 Å². The van der Waals surface area contributed by atoms with Gasteiger partial charge in [-0.3, -0.25) is 4.79 Å². The monoisotopic (exact) mass is 420 g/mol. The number of anilines is 2. The summed E-state index contributed by atoms with van der Waals surface area (Å²) >= 11 is 0. The van der Waals surface area contributed by atoms with Crippen molar-refractivity contribution in [1.82, 2.24) is 0 Å². The number of hydrogen-bond donors (Lipinski definition) is 2. The number of carbonyl (C=O) groups excluding carboxylic acids is 1. The molecule has 3 aromatic rings. The Balaban J connectivity index is 1.45. The van der Waals surface area contributed by atoms with Gasteiger partial charge in [-0.25, -0.2) is 0 Å². The number of hydrogen-bond acceptors (Lipinski definition) is 5. The molecule has 0 fully saturated rings. The molecule has 0 radical (unpaired) electrons. The molecule has 0 spiro atoms. The van der Waals surface area contributed by atoms with Crippen molar-refractivity contribution < 1.29 is 19.0 Å². The summed E-state index contributed by atoms with van der Waals surface area (Å²) in [5.74, 6) is 1.28. The van der Waals surface area contributed by atoms with Gasteiger partial charge in [0.2, 0.25) is 5.91 Å². The van der Waals surface area contributed by atoms with Gasteiger partial charge in [0.05, 0.1) is 13.2 Å². The average Bonchev–Trinajstić information content (AvgIpc) is 2.80. The lowest BCUT2D eigenvalue weighted by molar-refractivity contribution is -0.114. The van der Waals surface area contributed by atoms with Gasteiger partial charge in [-0.15, -0.1) is 0 Å². The molecule has 0 unspecified atom stereocenters. The average molecular weight is 421 g/mol. The maximum atomic E-state index is 12.3. The summed E-state index contributed by atoms with van der Waals surface area (Å²) < 4.78 is 16.7. The molecule has 2 N–H and O–H groups in total. The quantitative estimate of drug-likeness (QED) is 0.415. The molecule has 0 aliphatic rings. The summed E-state index contributed by atoms with van der Waals surface area (Å²) in [7, 11) is 0. The number of benzene rings is 3. The first kappa shape index (κ1) is 22.2. The zero-order chi connectivity index (χ0) is 21.7. The van der Waals surface area contributed by atoms with Crippen LogP contribution in [0.1, 0.15) is 12.5 Å². The van der Waals surface area contributed by atoms with Crippen molar-refractivity contribution >= 4 is 17.3 Å². The molecule has 3 aromatic carbocycles. The Bertz CT molecular complexity index is 947. The lowest BCUT2D eigenvalue weighted by atomic mass is 10.2. The first-order chi connectivity index (χ1) is 15.2. The van der Waals surface area contributed by atoms with E-state index in [0.29, 0.717) is 37.9 Å². The highest BCUT2D eigenvalue weighted by molar-refractivity contribution is 5.93. The highest BCUT2D eigenvalue weighted by atomic mass is 16.5. The van der Waals surface area contributed by atoms with Gasteiger partial charge in [-0.2, -0.15) is 0 Å². The number of amides is 1. The van der Waals surface area contributed by atoms with Crippen LogP contribution in [-0.2, 0) is 16.1 Å². The van der Waals surface area contributed by atoms with E-state index in [1.165, 1.54) is 0 Å². The van der Waals surface area contributed by atoms with Crippen LogP contribution in [-0.4, -0.2) is 32.3 Å². The molecule has 162 valence electrons. The molecule has 0 bridgehead atoms. The van der Waals surface area contributed by atoms with Crippen molar-refractivity contribution in [2.24, 2.45) is 0 Å². The molecule has 0 aliphatic heterocycles. The largest absolute Gasteiger partial charge is 0.491 e. The van der Waals surface area contributed by atoms with Gasteiger partial charge < -0.3 is 24.8 Å². The van der Waals surface area contributed by atoms with E-state index in [9.17, 15) is 4.79 Å². The van der Waals surface area contributed by atoms with E-state index in [1.54, 1.807) is 0 Å². The van der Waals surface area contributed by atoms with Gasteiger partial charge in [0.15, 0.2) is 0 Å². The summed E-state index contributed by atoms with van der Waals surface area (Å²) in [6.07, 6.45) is 0. The Morgan fingerprint density at radius 3 is 2.29 bits per heavy atom. The minimum absolute atomic E-state index is 0.136. The van der Waals surface area contributed by atoms with Gasteiger partial charge in [0.1, 0.15) is 24.7 Å². The lowest BCUT2D eigenvalue weighted by Gasteiger charge is -2.11. The van der Waals surface area contributed by atoms with Crippen molar-refractivity contribution in [1.29, 1.82) is 0 Å². The SMILES string of the molecule is CCOCCOc1cccc(NCC(=O)Nc2cccc(OCc3ccccc3)c2)c1. The Morgan fingerprint density at radius 1 is 0.806 bits per heavy atom. The van der Waals surface area contributed by atoms with Crippen LogP contribution >= 0.6 is 0 Å². The molecular weight excluding hydrogens is 392 g/mol. The van der Waals surface area contributed by atoms with Crippen molar-refractivity contribution in [2.75, 3.05) is 37.0 Å². The normalized spacial score (nSPS) is 10.4.